The number of rotatable bonds is 5. The van der Waals surface area contributed by atoms with Gasteiger partial charge in [0.1, 0.15) is 5.82 Å². The van der Waals surface area contributed by atoms with Crippen LogP contribution in [0.5, 0.6) is 0 Å². The van der Waals surface area contributed by atoms with Crippen LogP contribution in [0.15, 0.2) is 41.8 Å². The van der Waals surface area contributed by atoms with E-state index in [0.717, 1.165) is 0 Å². The first-order valence-corrected chi connectivity index (χ1v) is 6.90. The highest BCUT2D eigenvalue weighted by Crippen LogP contribution is 2.09. The lowest BCUT2D eigenvalue weighted by Crippen LogP contribution is -2.27. The second-order valence-electron chi connectivity index (χ2n) is 4.04. The van der Waals surface area contributed by atoms with Crippen LogP contribution in [0.4, 0.5) is 10.1 Å². The van der Waals surface area contributed by atoms with E-state index < -0.39 is 0 Å². The van der Waals surface area contributed by atoms with Gasteiger partial charge in [-0.25, -0.2) is 4.39 Å². The lowest BCUT2D eigenvalue weighted by Gasteiger charge is -2.06. The minimum atomic E-state index is -0.355. The van der Waals surface area contributed by atoms with E-state index in [1.165, 1.54) is 35.6 Å². The third-order valence-corrected chi connectivity index (χ3v) is 3.38. The Morgan fingerprint density at radius 1 is 1.15 bits per heavy atom. The maximum Gasteiger partial charge on any atom is 0.261 e. The second-order valence-corrected chi connectivity index (χ2v) is 4.99. The summed E-state index contributed by atoms with van der Waals surface area (Å²) < 4.78 is 12.7. The molecule has 0 spiro atoms. The van der Waals surface area contributed by atoms with Crippen LogP contribution in [0.25, 0.3) is 0 Å². The predicted molar refractivity (Wildman–Crippen MR) is 76.3 cm³/mol. The van der Waals surface area contributed by atoms with Gasteiger partial charge in [0.2, 0.25) is 5.91 Å². The SMILES string of the molecule is O=C(CCNC(=O)c1cccs1)Nc1ccc(F)cc1. The van der Waals surface area contributed by atoms with Crippen molar-refractivity contribution >= 4 is 28.8 Å². The first kappa shape index (κ1) is 14.2. The van der Waals surface area contributed by atoms with Crippen molar-refractivity contribution in [3.63, 3.8) is 0 Å². The molecule has 0 aliphatic heterocycles. The summed E-state index contributed by atoms with van der Waals surface area (Å²) in [6.07, 6.45) is 0.161. The highest BCUT2D eigenvalue weighted by Gasteiger charge is 2.07. The third-order valence-electron chi connectivity index (χ3n) is 2.51. The molecule has 0 aliphatic carbocycles. The van der Waals surface area contributed by atoms with Gasteiger partial charge in [-0.2, -0.15) is 0 Å². The quantitative estimate of drug-likeness (QED) is 0.890. The molecule has 1 heterocycles. The molecule has 4 nitrogen and oxygen atoms in total. The van der Waals surface area contributed by atoms with Gasteiger partial charge in [0.05, 0.1) is 4.88 Å². The summed E-state index contributed by atoms with van der Waals surface area (Å²) in [6, 6.07) is 9.02. The monoisotopic (exact) mass is 292 g/mol. The van der Waals surface area contributed by atoms with E-state index in [2.05, 4.69) is 10.6 Å². The standard InChI is InChI=1S/C14H13FN2O2S/c15-10-3-5-11(6-4-10)17-13(18)7-8-16-14(19)12-2-1-9-20-12/h1-6,9H,7-8H2,(H,16,19)(H,17,18). The molecule has 0 radical (unpaired) electrons. The van der Waals surface area contributed by atoms with Gasteiger partial charge in [-0.1, -0.05) is 6.07 Å². The van der Waals surface area contributed by atoms with Crippen LogP contribution in [-0.4, -0.2) is 18.4 Å². The van der Waals surface area contributed by atoms with Crippen LogP contribution >= 0.6 is 11.3 Å². The van der Waals surface area contributed by atoms with E-state index in [9.17, 15) is 14.0 Å². The van der Waals surface area contributed by atoms with E-state index >= 15 is 0 Å². The Morgan fingerprint density at radius 3 is 2.55 bits per heavy atom. The third kappa shape index (κ3) is 4.17. The minimum Gasteiger partial charge on any atom is -0.351 e. The molecule has 1 aromatic heterocycles. The van der Waals surface area contributed by atoms with Gasteiger partial charge in [0.15, 0.2) is 0 Å². The Morgan fingerprint density at radius 2 is 1.90 bits per heavy atom. The molecule has 2 amide bonds. The molecule has 0 fully saturated rings. The summed E-state index contributed by atoms with van der Waals surface area (Å²) in [5.41, 5.74) is 0.529. The van der Waals surface area contributed by atoms with Gasteiger partial charge < -0.3 is 10.6 Å². The molecule has 0 unspecified atom stereocenters. The molecule has 0 saturated heterocycles. The molecule has 0 atom stereocenters. The zero-order valence-electron chi connectivity index (χ0n) is 10.6. The maximum absolute atomic E-state index is 12.7. The van der Waals surface area contributed by atoms with E-state index in [1.54, 1.807) is 12.1 Å². The maximum atomic E-state index is 12.7. The Kier molecular flexibility index (Phi) is 4.84. The fraction of sp³-hybridized carbons (Fsp3) is 0.143. The molecular weight excluding hydrogens is 279 g/mol. The first-order chi connectivity index (χ1) is 9.65. The summed E-state index contributed by atoms with van der Waals surface area (Å²) >= 11 is 1.35. The molecule has 20 heavy (non-hydrogen) atoms. The zero-order chi connectivity index (χ0) is 14.4. The minimum absolute atomic E-state index is 0.161. The number of carbonyl (C=O) groups excluding carboxylic acids is 2. The number of benzene rings is 1. The molecule has 0 saturated carbocycles. The van der Waals surface area contributed by atoms with Crippen LogP contribution < -0.4 is 10.6 Å². The van der Waals surface area contributed by atoms with Gasteiger partial charge in [-0.3, -0.25) is 9.59 Å². The van der Waals surface area contributed by atoms with Crippen molar-refractivity contribution in [2.75, 3.05) is 11.9 Å². The molecule has 104 valence electrons. The highest BCUT2D eigenvalue weighted by molar-refractivity contribution is 7.12. The predicted octanol–water partition coefficient (Wildman–Crippen LogP) is 2.65. The number of amides is 2. The largest absolute Gasteiger partial charge is 0.351 e. The molecule has 0 bridgehead atoms. The van der Waals surface area contributed by atoms with Crippen molar-refractivity contribution in [3.8, 4) is 0 Å². The highest BCUT2D eigenvalue weighted by atomic mass is 32.1. The van der Waals surface area contributed by atoms with Crippen molar-refractivity contribution in [2.24, 2.45) is 0 Å². The van der Waals surface area contributed by atoms with Crippen molar-refractivity contribution in [1.82, 2.24) is 5.32 Å². The topological polar surface area (TPSA) is 58.2 Å². The van der Waals surface area contributed by atoms with Crippen LogP contribution in [0.3, 0.4) is 0 Å². The number of hydrogen-bond acceptors (Lipinski definition) is 3. The Bertz CT molecular complexity index is 582. The van der Waals surface area contributed by atoms with Crippen LogP contribution in [0.2, 0.25) is 0 Å². The molecular formula is C14H13FN2O2S. The number of hydrogen-bond donors (Lipinski definition) is 2. The summed E-state index contributed by atoms with van der Waals surface area (Å²) in [7, 11) is 0. The summed E-state index contributed by atoms with van der Waals surface area (Å²) in [5, 5.41) is 7.10. The van der Waals surface area contributed by atoms with Gasteiger partial charge in [-0.05, 0) is 35.7 Å². The number of nitrogens with one attached hydrogen (secondary N) is 2. The average molecular weight is 292 g/mol. The number of carbonyl (C=O) groups is 2. The summed E-state index contributed by atoms with van der Waals surface area (Å²) in [4.78, 5) is 23.8. The van der Waals surface area contributed by atoms with Crippen LogP contribution in [0, 0.1) is 5.82 Å². The molecule has 6 heteroatoms. The van der Waals surface area contributed by atoms with E-state index in [4.69, 9.17) is 0 Å². The molecule has 0 aliphatic rings. The normalized spacial score (nSPS) is 10.1. The van der Waals surface area contributed by atoms with Crippen molar-refractivity contribution in [1.29, 1.82) is 0 Å². The first-order valence-electron chi connectivity index (χ1n) is 6.02. The molecule has 2 N–H and O–H groups in total. The van der Waals surface area contributed by atoms with Crippen molar-refractivity contribution < 1.29 is 14.0 Å². The average Bonchev–Trinajstić information content (AvgIpc) is 2.95. The molecule has 1 aromatic carbocycles. The van der Waals surface area contributed by atoms with Gasteiger partial charge in [-0.15, -0.1) is 11.3 Å². The fourth-order valence-electron chi connectivity index (χ4n) is 1.54. The number of thiophene rings is 1. The zero-order valence-corrected chi connectivity index (χ0v) is 11.4. The molecule has 2 rings (SSSR count). The van der Waals surface area contributed by atoms with Gasteiger partial charge >= 0.3 is 0 Å². The second kappa shape index (κ2) is 6.81. The van der Waals surface area contributed by atoms with E-state index in [-0.39, 0.29) is 30.6 Å². The van der Waals surface area contributed by atoms with E-state index in [1.807, 2.05) is 5.38 Å². The van der Waals surface area contributed by atoms with Gasteiger partial charge in [0.25, 0.3) is 5.91 Å². The molecule has 2 aromatic rings. The Hall–Kier alpha value is -2.21. The Balaban J connectivity index is 1.73. The van der Waals surface area contributed by atoms with E-state index in [0.29, 0.717) is 10.6 Å². The van der Waals surface area contributed by atoms with Crippen molar-refractivity contribution in [3.05, 3.63) is 52.5 Å². The lowest BCUT2D eigenvalue weighted by atomic mass is 10.3. The van der Waals surface area contributed by atoms with Crippen molar-refractivity contribution in [2.45, 2.75) is 6.42 Å². The summed E-state index contributed by atoms with van der Waals surface area (Å²) in [6.45, 7) is 0.254. The van der Waals surface area contributed by atoms with Gasteiger partial charge in [0, 0.05) is 18.7 Å². The van der Waals surface area contributed by atoms with Crippen LogP contribution in [0.1, 0.15) is 16.1 Å². The summed E-state index contributed by atoms with van der Waals surface area (Å²) in [5.74, 6) is -0.774. The lowest BCUT2D eigenvalue weighted by molar-refractivity contribution is -0.116. The Labute approximate surface area is 119 Å². The number of anilines is 1. The smallest absolute Gasteiger partial charge is 0.261 e. The van der Waals surface area contributed by atoms with Crippen LogP contribution in [-0.2, 0) is 4.79 Å². The number of halogens is 1. The fourth-order valence-corrected chi connectivity index (χ4v) is 2.18.